The van der Waals surface area contributed by atoms with Crippen molar-refractivity contribution >= 4 is 0 Å². The number of hydrogen-bond acceptors (Lipinski definition) is 1. The number of hydrogen-bond donors (Lipinski definition) is 0. The molecule has 1 aromatic heterocycles. The van der Waals surface area contributed by atoms with E-state index in [9.17, 15) is 0 Å². The highest BCUT2D eigenvalue weighted by atomic mass is 15.3. The fourth-order valence-corrected chi connectivity index (χ4v) is 1.23. The van der Waals surface area contributed by atoms with E-state index in [1.54, 1.807) is 0 Å². The van der Waals surface area contributed by atoms with Gasteiger partial charge >= 0.3 is 0 Å². The number of aryl methyl sites for hydroxylation is 2. The summed E-state index contributed by atoms with van der Waals surface area (Å²) in [5, 5.41) is 4.36. The van der Waals surface area contributed by atoms with Crippen molar-refractivity contribution < 1.29 is 4.57 Å². The third-order valence-electron chi connectivity index (χ3n) is 1.60. The van der Waals surface area contributed by atoms with E-state index in [1.165, 1.54) is 0 Å². The quantitative estimate of drug-likeness (QED) is 0.500. The molecule has 3 nitrogen and oxygen atoms in total. The first-order valence-corrected chi connectivity index (χ1v) is 3.81. The Morgan fingerprint density at radius 3 is 2.18 bits per heavy atom. The maximum Gasteiger partial charge on any atom is 0.282 e. The minimum atomic E-state index is 0.135. The molecule has 0 aliphatic carbocycles. The van der Waals surface area contributed by atoms with Crippen LogP contribution in [0.15, 0.2) is 6.33 Å². The van der Waals surface area contributed by atoms with E-state index in [0.717, 1.165) is 5.82 Å². The lowest BCUT2D eigenvalue weighted by atomic mass is 9.96. The summed E-state index contributed by atoms with van der Waals surface area (Å²) in [7, 11) is 3.96. The zero-order chi connectivity index (χ0) is 8.65. The van der Waals surface area contributed by atoms with Crippen LogP contribution in [0.5, 0.6) is 0 Å². The summed E-state index contributed by atoms with van der Waals surface area (Å²) in [6.07, 6.45) is 1.97. The largest absolute Gasteiger partial charge is 0.282 e. The molecule has 1 aromatic rings. The molecule has 0 saturated carbocycles. The van der Waals surface area contributed by atoms with Gasteiger partial charge in [0, 0.05) is 5.10 Å². The van der Waals surface area contributed by atoms with E-state index in [4.69, 9.17) is 0 Å². The molecule has 0 atom stereocenters. The molecular formula is C8H16N3+. The van der Waals surface area contributed by atoms with Crippen LogP contribution in [0.2, 0.25) is 0 Å². The third-order valence-corrected chi connectivity index (χ3v) is 1.60. The van der Waals surface area contributed by atoms with E-state index in [2.05, 4.69) is 30.4 Å². The van der Waals surface area contributed by atoms with E-state index < -0.39 is 0 Å². The SMILES string of the molecule is Cn1c[n+](C)c(C(C)(C)C)n1. The Bertz CT molecular complexity index is 255. The zero-order valence-corrected chi connectivity index (χ0v) is 7.92. The molecule has 0 saturated heterocycles. The highest BCUT2D eigenvalue weighted by Gasteiger charge is 2.26. The van der Waals surface area contributed by atoms with Crippen molar-refractivity contribution in [3.05, 3.63) is 12.2 Å². The number of nitrogens with zero attached hydrogens (tertiary/aromatic N) is 3. The second-order valence-corrected chi connectivity index (χ2v) is 3.97. The molecule has 1 rings (SSSR count). The molecule has 0 amide bonds. The average Bonchev–Trinajstić information content (AvgIpc) is 2.08. The predicted molar refractivity (Wildman–Crippen MR) is 43.1 cm³/mol. The first-order chi connectivity index (χ1) is 4.91. The molecule has 0 aromatic carbocycles. The highest BCUT2D eigenvalue weighted by molar-refractivity contribution is 4.91. The van der Waals surface area contributed by atoms with Gasteiger partial charge in [-0.2, -0.15) is 0 Å². The summed E-state index contributed by atoms with van der Waals surface area (Å²) in [4.78, 5) is 0. The third kappa shape index (κ3) is 1.59. The van der Waals surface area contributed by atoms with Crippen LogP contribution < -0.4 is 4.57 Å². The Labute approximate surface area is 67.7 Å². The molecule has 0 aliphatic heterocycles. The molecule has 0 spiro atoms. The Hall–Kier alpha value is -0.860. The van der Waals surface area contributed by atoms with Gasteiger partial charge < -0.3 is 0 Å². The normalized spacial score (nSPS) is 12.1. The van der Waals surface area contributed by atoms with Gasteiger partial charge in [0.25, 0.3) is 5.82 Å². The second kappa shape index (κ2) is 2.32. The molecule has 0 N–H and O–H groups in total. The van der Waals surface area contributed by atoms with Gasteiger partial charge in [-0.15, -0.1) is 4.68 Å². The molecule has 0 aliphatic rings. The monoisotopic (exact) mass is 154 g/mol. The van der Waals surface area contributed by atoms with Crippen LogP contribution in [0, 0.1) is 0 Å². The van der Waals surface area contributed by atoms with Gasteiger partial charge in [-0.05, 0) is 20.8 Å². The van der Waals surface area contributed by atoms with Crippen LogP contribution >= 0.6 is 0 Å². The minimum Gasteiger partial charge on any atom is -0.237 e. The maximum atomic E-state index is 4.36. The Morgan fingerprint density at radius 1 is 1.45 bits per heavy atom. The maximum absolute atomic E-state index is 4.36. The molecule has 11 heavy (non-hydrogen) atoms. The Morgan fingerprint density at radius 2 is 2.00 bits per heavy atom. The van der Waals surface area contributed by atoms with Crippen molar-refractivity contribution in [3.63, 3.8) is 0 Å². The van der Waals surface area contributed by atoms with Crippen molar-refractivity contribution in [1.29, 1.82) is 0 Å². The van der Waals surface area contributed by atoms with E-state index in [-0.39, 0.29) is 5.41 Å². The van der Waals surface area contributed by atoms with Gasteiger partial charge in [0.15, 0.2) is 0 Å². The van der Waals surface area contributed by atoms with Crippen molar-refractivity contribution in [2.75, 3.05) is 0 Å². The van der Waals surface area contributed by atoms with E-state index in [1.807, 2.05) is 25.1 Å². The van der Waals surface area contributed by atoms with E-state index in [0.29, 0.717) is 0 Å². The Kier molecular flexibility index (Phi) is 1.74. The molecule has 1 heterocycles. The van der Waals surface area contributed by atoms with Gasteiger partial charge in [0.1, 0.15) is 0 Å². The zero-order valence-electron chi connectivity index (χ0n) is 7.92. The summed E-state index contributed by atoms with van der Waals surface area (Å²) in [5.41, 5.74) is 0.135. The smallest absolute Gasteiger partial charge is 0.237 e. The van der Waals surface area contributed by atoms with Crippen LogP contribution in [0.4, 0.5) is 0 Å². The van der Waals surface area contributed by atoms with Crippen LogP contribution in [0.25, 0.3) is 0 Å². The molecule has 0 bridgehead atoms. The highest BCUT2D eigenvalue weighted by Crippen LogP contribution is 2.15. The molecule has 0 unspecified atom stereocenters. The number of aromatic nitrogens is 3. The summed E-state index contributed by atoms with van der Waals surface area (Å²) in [6, 6.07) is 0. The van der Waals surface area contributed by atoms with Crippen molar-refractivity contribution in [1.82, 2.24) is 9.78 Å². The van der Waals surface area contributed by atoms with Crippen LogP contribution in [-0.4, -0.2) is 9.78 Å². The first-order valence-electron chi connectivity index (χ1n) is 3.81. The second-order valence-electron chi connectivity index (χ2n) is 3.97. The lowest BCUT2D eigenvalue weighted by Gasteiger charge is -2.10. The molecular weight excluding hydrogens is 138 g/mol. The molecule has 0 fully saturated rings. The van der Waals surface area contributed by atoms with E-state index >= 15 is 0 Å². The van der Waals surface area contributed by atoms with Gasteiger partial charge in [-0.3, -0.25) is 0 Å². The van der Waals surface area contributed by atoms with Gasteiger partial charge in [0.2, 0.25) is 6.33 Å². The minimum absolute atomic E-state index is 0.135. The number of rotatable bonds is 0. The van der Waals surface area contributed by atoms with Crippen LogP contribution in [0.1, 0.15) is 26.6 Å². The Balaban J connectivity index is 3.13. The van der Waals surface area contributed by atoms with Crippen LogP contribution in [0.3, 0.4) is 0 Å². The van der Waals surface area contributed by atoms with Crippen molar-refractivity contribution in [2.24, 2.45) is 14.1 Å². The van der Waals surface area contributed by atoms with Gasteiger partial charge in [-0.25, -0.2) is 4.57 Å². The first kappa shape index (κ1) is 8.24. The summed E-state index contributed by atoms with van der Waals surface area (Å²) >= 11 is 0. The predicted octanol–water partition coefficient (Wildman–Crippen LogP) is 0.542. The summed E-state index contributed by atoms with van der Waals surface area (Å²) in [5.74, 6) is 1.11. The van der Waals surface area contributed by atoms with Gasteiger partial charge in [-0.1, -0.05) is 0 Å². The fourth-order valence-electron chi connectivity index (χ4n) is 1.23. The van der Waals surface area contributed by atoms with Crippen LogP contribution in [-0.2, 0) is 19.5 Å². The molecule has 3 heteroatoms. The summed E-state index contributed by atoms with van der Waals surface area (Å²) < 4.78 is 3.89. The average molecular weight is 154 g/mol. The van der Waals surface area contributed by atoms with Gasteiger partial charge in [0.05, 0.1) is 19.5 Å². The topological polar surface area (TPSA) is 21.7 Å². The summed E-state index contributed by atoms with van der Waals surface area (Å²) in [6.45, 7) is 6.49. The standard InChI is InChI=1S/C8H16N3/c1-8(2,3)7-9-11(5)6-10(7)4/h6H,1-5H3/q+1. The molecule has 0 radical (unpaired) electrons. The lowest BCUT2D eigenvalue weighted by Crippen LogP contribution is -2.37. The lowest BCUT2D eigenvalue weighted by molar-refractivity contribution is -0.683. The van der Waals surface area contributed by atoms with Crippen molar-refractivity contribution in [2.45, 2.75) is 26.2 Å². The molecule has 62 valence electrons. The van der Waals surface area contributed by atoms with Crippen molar-refractivity contribution in [3.8, 4) is 0 Å². The fraction of sp³-hybridized carbons (Fsp3) is 0.750.